The van der Waals surface area contributed by atoms with Gasteiger partial charge in [-0.05, 0) is 44.6 Å². The molecule has 3 nitrogen and oxygen atoms in total. The molecule has 0 bridgehead atoms. The average molecular weight is 277 g/mol. The summed E-state index contributed by atoms with van der Waals surface area (Å²) in [6.07, 6.45) is 11.7. The molecule has 0 amide bonds. The second kappa shape index (κ2) is 6.75. The minimum absolute atomic E-state index is 0.0292. The van der Waals surface area contributed by atoms with Gasteiger partial charge in [0.25, 0.3) is 0 Å². The van der Waals surface area contributed by atoms with Crippen LogP contribution in [0.4, 0.5) is 0 Å². The molecule has 3 heteroatoms. The fourth-order valence-electron chi connectivity index (χ4n) is 3.35. The normalized spacial score (nSPS) is 29.1. The predicted molar refractivity (Wildman–Crippen MR) is 84.7 cm³/mol. The first-order valence-corrected chi connectivity index (χ1v) is 8.39. The van der Waals surface area contributed by atoms with Crippen LogP contribution in [0.15, 0.2) is 12.3 Å². The summed E-state index contributed by atoms with van der Waals surface area (Å²) in [6.45, 7) is 6.72. The van der Waals surface area contributed by atoms with E-state index in [1.54, 1.807) is 0 Å². The lowest BCUT2D eigenvalue weighted by atomic mass is 9.86. The molecule has 1 aromatic heterocycles. The van der Waals surface area contributed by atoms with Crippen molar-refractivity contribution in [2.75, 3.05) is 0 Å². The maximum Gasteiger partial charge on any atom is 0.0643 e. The molecule has 0 aliphatic heterocycles. The van der Waals surface area contributed by atoms with Gasteiger partial charge in [0.05, 0.1) is 5.69 Å². The summed E-state index contributed by atoms with van der Waals surface area (Å²) in [5.74, 6) is 0.887. The van der Waals surface area contributed by atoms with Crippen molar-refractivity contribution in [3.8, 4) is 0 Å². The number of hydrogen-bond donors (Lipinski definition) is 1. The van der Waals surface area contributed by atoms with Crippen LogP contribution in [0.25, 0.3) is 0 Å². The summed E-state index contributed by atoms with van der Waals surface area (Å²) in [4.78, 5) is 0. The highest BCUT2D eigenvalue weighted by atomic mass is 15.3. The van der Waals surface area contributed by atoms with E-state index >= 15 is 0 Å². The summed E-state index contributed by atoms with van der Waals surface area (Å²) in [5.41, 5.74) is 7.82. The van der Waals surface area contributed by atoms with Gasteiger partial charge in [0.1, 0.15) is 0 Å². The van der Waals surface area contributed by atoms with E-state index in [0.717, 1.165) is 31.6 Å². The molecule has 3 unspecified atom stereocenters. The van der Waals surface area contributed by atoms with Crippen molar-refractivity contribution in [3.05, 3.63) is 18.0 Å². The predicted octanol–water partition coefficient (Wildman–Crippen LogP) is 4.08. The Hall–Kier alpha value is -0.830. The van der Waals surface area contributed by atoms with Crippen LogP contribution in [-0.4, -0.2) is 15.3 Å². The maximum absolute atomic E-state index is 6.68. The van der Waals surface area contributed by atoms with Crippen LogP contribution < -0.4 is 5.73 Å². The van der Waals surface area contributed by atoms with E-state index in [4.69, 9.17) is 10.8 Å². The molecule has 0 radical (unpaired) electrons. The van der Waals surface area contributed by atoms with Gasteiger partial charge in [-0.15, -0.1) is 0 Å². The van der Waals surface area contributed by atoms with Crippen LogP contribution in [0.5, 0.6) is 0 Å². The topological polar surface area (TPSA) is 43.8 Å². The minimum Gasteiger partial charge on any atom is -0.325 e. The van der Waals surface area contributed by atoms with Crippen molar-refractivity contribution in [2.24, 2.45) is 11.7 Å². The van der Waals surface area contributed by atoms with Crippen LogP contribution in [0.1, 0.15) is 77.5 Å². The molecule has 1 aliphatic carbocycles. The average Bonchev–Trinajstić information content (AvgIpc) is 2.81. The number of hydrogen-bond acceptors (Lipinski definition) is 2. The third-order valence-electron chi connectivity index (χ3n) is 5.15. The highest BCUT2D eigenvalue weighted by Gasteiger charge is 2.29. The van der Waals surface area contributed by atoms with Crippen molar-refractivity contribution in [1.82, 2.24) is 9.78 Å². The SMILES string of the molecule is CCC1CCCC(N)(Cc2ccn(C(C)CC)n2)CC1. The molecule has 0 saturated heterocycles. The van der Waals surface area contributed by atoms with Gasteiger partial charge in [-0.2, -0.15) is 5.10 Å². The molecule has 1 fully saturated rings. The fraction of sp³-hybridized carbons (Fsp3) is 0.824. The Morgan fingerprint density at radius 1 is 1.40 bits per heavy atom. The Bertz CT molecular complexity index is 412. The zero-order valence-corrected chi connectivity index (χ0v) is 13.4. The zero-order valence-electron chi connectivity index (χ0n) is 13.4. The standard InChI is InChI=1S/C17H31N3/c1-4-14(3)20-12-9-16(19-20)13-17(18)10-6-7-15(5-2)8-11-17/h9,12,14-15H,4-8,10-11,13,18H2,1-3H3. The Labute approximate surface area is 123 Å². The third-order valence-corrected chi connectivity index (χ3v) is 5.15. The Balaban J connectivity index is 1.99. The molecule has 1 aromatic rings. The molecule has 20 heavy (non-hydrogen) atoms. The number of aromatic nitrogens is 2. The molecule has 0 spiro atoms. The summed E-state index contributed by atoms with van der Waals surface area (Å²) in [6, 6.07) is 2.64. The monoisotopic (exact) mass is 277 g/mol. The minimum atomic E-state index is -0.0292. The molecule has 0 aromatic carbocycles. The number of nitrogens with two attached hydrogens (primary N) is 1. The van der Waals surface area contributed by atoms with Gasteiger partial charge in [0, 0.05) is 24.2 Å². The van der Waals surface area contributed by atoms with Crippen molar-refractivity contribution in [2.45, 2.75) is 83.7 Å². The third kappa shape index (κ3) is 3.85. The lowest BCUT2D eigenvalue weighted by Gasteiger charge is -2.27. The Morgan fingerprint density at radius 3 is 2.90 bits per heavy atom. The first-order valence-electron chi connectivity index (χ1n) is 8.39. The molecule has 114 valence electrons. The van der Waals surface area contributed by atoms with E-state index in [1.807, 2.05) is 0 Å². The molecule has 2 N–H and O–H groups in total. The largest absolute Gasteiger partial charge is 0.325 e. The van der Waals surface area contributed by atoms with E-state index in [9.17, 15) is 0 Å². The van der Waals surface area contributed by atoms with Crippen LogP contribution >= 0.6 is 0 Å². The summed E-state index contributed by atoms with van der Waals surface area (Å²) in [7, 11) is 0. The first-order chi connectivity index (χ1) is 9.56. The summed E-state index contributed by atoms with van der Waals surface area (Å²) >= 11 is 0. The van der Waals surface area contributed by atoms with E-state index in [0.29, 0.717) is 6.04 Å². The summed E-state index contributed by atoms with van der Waals surface area (Å²) < 4.78 is 2.09. The van der Waals surface area contributed by atoms with Gasteiger partial charge >= 0.3 is 0 Å². The molecular weight excluding hydrogens is 246 g/mol. The van der Waals surface area contributed by atoms with Crippen LogP contribution in [0.3, 0.4) is 0 Å². The van der Waals surface area contributed by atoms with E-state index in [2.05, 4.69) is 37.7 Å². The van der Waals surface area contributed by atoms with Crippen molar-refractivity contribution < 1.29 is 0 Å². The first kappa shape index (κ1) is 15.6. The Kier molecular flexibility index (Phi) is 5.25. The zero-order chi connectivity index (χ0) is 14.6. The van der Waals surface area contributed by atoms with Gasteiger partial charge in [-0.3, -0.25) is 4.68 Å². The van der Waals surface area contributed by atoms with Crippen molar-refractivity contribution in [1.29, 1.82) is 0 Å². The van der Waals surface area contributed by atoms with Gasteiger partial charge < -0.3 is 5.73 Å². The number of nitrogens with zero attached hydrogens (tertiary/aromatic N) is 2. The van der Waals surface area contributed by atoms with Crippen LogP contribution in [0, 0.1) is 5.92 Å². The second-order valence-electron chi connectivity index (χ2n) is 6.79. The van der Waals surface area contributed by atoms with E-state index in [1.165, 1.54) is 31.4 Å². The van der Waals surface area contributed by atoms with Crippen LogP contribution in [0.2, 0.25) is 0 Å². The molecule has 1 aliphatic rings. The number of rotatable bonds is 5. The maximum atomic E-state index is 6.68. The smallest absolute Gasteiger partial charge is 0.0643 e. The molecule has 3 atom stereocenters. The lowest BCUT2D eigenvalue weighted by molar-refractivity contribution is 0.352. The van der Waals surface area contributed by atoms with Gasteiger partial charge in [-0.25, -0.2) is 0 Å². The summed E-state index contributed by atoms with van der Waals surface area (Å²) in [5, 5.41) is 4.73. The van der Waals surface area contributed by atoms with E-state index < -0.39 is 0 Å². The van der Waals surface area contributed by atoms with Gasteiger partial charge in [0.15, 0.2) is 0 Å². The molecular formula is C17H31N3. The Morgan fingerprint density at radius 2 is 2.20 bits per heavy atom. The highest BCUT2D eigenvalue weighted by Crippen LogP contribution is 2.32. The van der Waals surface area contributed by atoms with E-state index in [-0.39, 0.29) is 5.54 Å². The highest BCUT2D eigenvalue weighted by molar-refractivity contribution is 5.06. The molecule has 2 rings (SSSR count). The van der Waals surface area contributed by atoms with Crippen LogP contribution in [-0.2, 0) is 6.42 Å². The van der Waals surface area contributed by atoms with Gasteiger partial charge in [-0.1, -0.05) is 33.1 Å². The fourth-order valence-corrected chi connectivity index (χ4v) is 3.35. The van der Waals surface area contributed by atoms with Crippen molar-refractivity contribution >= 4 is 0 Å². The quantitative estimate of drug-likeness (QED) is 0.824. The van der Waals surface area contributed by atoms with Crippen molar-refractivity contribution in [3.63, 3.8) is 0 Å². The second-order valence-corrected chi connectivity index (χ2v) is 6.79. The molecule has 1 heterocycles. The molecule has 1 saturated carbocycles. The lowest BCUT2D eigenvalue weighted by Crippen LogP contribution is -2.41. The van der Waals surface area contributed by atoms with Gasteiger partial charge in [0.2, 0.25) is 0 Å².